The number of carboxylic acid groups (broad SMARTS) is 1. The van der Waals surface area contributed by atoms with Gasteiger partial charge in [0.1, 0.15) is 5.70 Å². The van der Waals surface area contributed by atoms with Gasteiger partial charge in [0.2, 0.25) is 0 Å². The van der Waals surface area contributed by atoms with E-state index in [9.17, 15) is 29.6 Å². The van der Waals surface area contributed by atoms with Crippen molar-refractivity contribution in [1.29, 1.82) is 0 Å². The molecule has 2 N–H and O–H groups in total. The number of non-ortho nitro benzene ring substituents is 1. The SMILES string of the molecule is CSCC[C@H](NC(=O)/C(=C/c1ccc([N+](=O)[O-])cc1)NC(=O)c1ccco1)C(=O)[O-]. The number of carbonyl (C=O) groups excluding carboxylic acids is 3. The van der Waals surface area contributed by atoms with Crippen molar-refractivity contribution in [3.8, 4) is 0 Å². The maximum Gasteiger partial charge on any atom is 0.291 e. The molecule has 2 amide bonds. The Morgan fingerprint density at radius 1 is 1.23 bits per heavy atom. The molecular formula is C19H18N3O7S-. The van der Waals surface area contributed by atoms with E-state index in [1.54, 1.807) is 6.26 Å². The summed E-state index contributed by atoms with van der Waals surface area (Å²) >= 11 is 1.40. The highest BCUT2D eigenvalue weighted by Crippen LogP contribution is 2.14. The Morgan fingerprint density at radius 2 is 1.93 bits per heavy atom. The lowest BCUT2D eigenvalue weighted by molar-refractivity contribution is -0.384. The van der Waals surface area contributed by atoms with Crippen LogP contribution in [0.3, 0.4) is 0 Å². The molecule has 30 heavy (non-hydrogen) atoms. The Kier molecular flexibility index (Phi) is 8.18. The minimum atomic E-state index is -1.45. The third-order valence-electron chi connectivity index (χ3n) is 3.85. The summed E-state index contributed by atoms with van der Waals surface area (Å²) in [7, 11) is 0. The van der Waals surface area contributed by atoms with Crippen molar-refractivity contribution in [3.63, 3.8) is 0 Å². The van der Waals surface area contributed by atoms with Crippen LogP contribution in [0.15, 0.2) is 52.8 Å². The van der Waals surface area contributed by atoms with Crippen molar-refractivity contribution in [2.45, 2.75) is 12.5 Å². The Balaban J connectivity index is 2.29. The number of rotatable bonds is 10. The van der Waals surface area contributed by atoms with Crippen LogP contribution in [0, 0.1) is 10.1 Å². The van der Waals surface area contributed by atoms with Gasteiger partial charge in [0.05, 0.1) is 23.2 Å². The number of nitrogens with zero attached hydrogens (tertiary/aromatic N) is 1. The number of carbonyl (C=O) groups is 3. The number of amides is 2. The number of benzene rings is 1. The molecule has 1 atom stereocenters. The molecule has 0 radical (unpaired) electrons. The lowest BCUT2D eigenvalue weighted by Crippen LogP contribution is -2.50. The van der Waals surface area contributed by atoms with Crippen LogP contribution in [0.2, 0.25) is 0 Å². The van der Waals surface area contributed by atoms with E-state index in [1.165, 1.54) is 60.5 Å². The Labute approximate surface area is 175 Å². The minimum Gasteiger partial charge on any atom is -0.548 e. The molecule has 1 aromatic heterocycles. The fraction of sp³-hybridized carbons (Fsp3) is 0.211. The summed E-state index contributed by atoms with van der Waals surface area (Å²) in [6.45, 7) is 0. The van der Waals surface area contributed by atoms with Crippen molar-refractivity contribution in [1.82, 2.24) is 10.6 Å². The summed E-state index contributed by atoms with van der Waals surface area (Å²) in [5.41, 5.74) is -0.0351. The average molecular weight is 432 g/mol. The van der Waals surface area contributed by atoms with E-state index in [0.717, 1.165) is 0 Å². The van der Waals surface area contributed by atoms with Gasteiger partial charge in [-0.15, -0.1) is 0 Å². The molecule has 0 spiro atoms. The standard InChI is InChI=1S/C19H19N3O7S/c1-30-10-8-14(19(25)26)20-17(23)15(21-18(24)16-3-2-9-29-16)11-12-4-6-13(7-5-12)22(27)28/h2-7,9,11,14H,8,10H2,1H3,(H,20,23)(H,21,24)(H,25,26)/p-1/b15-11-/t14-/m0/s1. The maximum atomic E-state index is 12.7. The van der Waals surface area contributed by atoms with Crippen molar-refractivity contribution in [2.75, 3.05) is 12.0 Å². The van der Waals surface area contributed by atoms with Gasteiger partial charge in [-0.05, 0) is 54.3 Å². The van der Waals surface area contributed by atoms with Crippen LogP contribution in [0.5, 0.6) is 0 Å². The zero-order valence-corrected chi connectivity index (χ0v) is 16.6. The molecule has 1 heterocycles. The van der Waals surface area contributed by atoms with E-state index < -0.39 is 28.7 Å². The number of nitro benzene ring substituents is 1. The van der Waals surface area contributed by atoms with E-state index >= 15 is 0 Å². The molecule has 0 saturated carbocycles. The number of furan rings is 1. The molecule has 0 aliphatic rings. The lowest BCUT2D eigenvalue weighted by Gasteiger charge is -2.20. The zero-order chi connectivity index (χ0) is 22.1. The number of nitro groups is 1. The van der Waals surface area contributed by atoms with Crippen LogP contribution in [-0.2, 0) is 9.59 Å². The van der Waals surface area contributed by atoms with Gasteiger partial charge < -0.3 is 25.0 Å². The Bertz CT molecular complexity index is 940. The van der Waals surface area contributed by atoms with Crippen molar-refractivity contribution in [3.05, 3.63) is 69.8 Å². The molecule has 0 saturated heterocycles. The molecule has 0 aliphatic carbocycles. The van der Waals surface area contributed by atoms with Gasteiger partial charge in [-0.1, -0.05) is 0 Å². The smallest absolute Gasteiger partial charge is 0.291 e. The van der Waals surface area contributed by atoms with Gasteiger partial charge >= 0.3 is 0 Å². The molecule has 158 valence electrons. The van der Waals surface area contributed by atoms with Crippen LogP contribution >= 0.6 is 11.8 Å². The lowest BCUT2D eigenvalue weighted by atomic mass is 10.1. The normalized spacial score (nSPS) is 12.1. The highest BCUT2D eigenvalue weighted by Gasteiger charge is 2.20. The van der Waals surface area contributed by atoms with Gasteiger partial charge in [-0.2, -0.15) is 11.8 Å². The van der Waals surface area contributed by atoms with Gasteiger partial charge in [0, 0.05) is 12.1 Å². The molecular weight excluding hydrogens is 414 g/mol. The van der Waals surface area contributed by atoms with Gasteiger partial charge in [-0.3, -0.25) is 19.7 Å². The number of aliphatic carboxylic acids is 1. The summed E-state index contributed by atoms with van der Waals surface area (Å²) in [6.07, 6.45) is 4.47. The monoisotopic (exact) mass is 432 g/mol. The van der Waals surface area contributed by atoms with E-state index in [4.69, 9.17) is 4.42 Å². The Morgan fingerprint density at radius 3 is 2.47 bits per heavy atom. The van der Waals surface area contributed by atoms with Crippen LogP contribution in [0.4, 0.5) is 5.69 Å². The number of hydrogen-bond acceptors (Lipinski definition) is 8. The highest BCUT2D eigenvalue weighted by molar-refractivity contribution is 7.98. The van der Waals surface area contributed by atoms with Gasteiger partial charge in [-0.25, -0.2) is 0 Å². The molecule has 0 bridgehead atoms. The molecule has 0 unspecified atom stereocenters. The van der Waals surface area contributed by atoms with Crippen molar-refractivity contribution >= 4 is 41.3 Å². The molecule has 10 nitrogen and oxygen atoms in total. The minimum absolute atomic E-state index is 0.0590. The Hall–Kier alpha value is -3.60. The van der Waals surface area contributed by atoms with Crippen molar-refractivity contribution in [2.24, 2.45) is 0 Å². The number of thioether (sulfide) groups is 1. The molecule has 0 fully saturated rings. The molecule has 11 heteroatoms. The molecule has 0 aliphatic heterocycles. The number of nitrogens with one attached hydrogen (secondary N) is 2. The van der Waals surface area contributed by atoms with Gasteiger partial charge in [0.25, 0.3) is 17.5 Å². The first-order valence-corrected chi connectivity index (χ1v) is 10.0. The van der Waals surface area contributed by atoms with E-state index in [-0.39, 0.29) is 23.6 Å². The van der Waals surface area contributed by atoms with Gasteiger partial charge in [0.15, 0.2) is 5.76 Å². The summed E-state index contributed by atoms with van der Waals surface area (Å²) in [5, 5.41) is 26.8. The average Bonchev–Trinajstić information content (AvgIpc) is 3.25. The van der Waals surface area contributed by atoms with Crippen LogP contribution in [0.1, 0.15) is 22.5 Å². The number of carboxylic acids is 1. The summed E-state index contributed by atoms with van der Waals surface area (Å²) in [5.74, 6) is -2.62. The predicted octanol–water partition coefficient (Wildman–Crippen LogP) is 0.946. The first-order chi connectivity index (χ1) is 14.3. The molecule has 1 aromatic carbocycles. The first kappa shape index (κ1) is 22.7. The molecule has 2 rings (SSSR count). The summed E-state index contributed by atoms with van der Waals surface area (Å²) < 4.78 is 4.99. The van der Waals surface area contributed by atoms with Crippen molar-refractivity contribution < 1.29 is 28.8 Å². The summed E-state index contributed by atoms with van der Waals surface area (Å²) in [6, 6.07) is 6.85. The fourth-order valence-electron chi connectivity index (χ4n) is 2.33. The quantitative estimate of drug-likeness (QED) is 0.319. The van der Waals surface area contributed by atoms with E-state index in [1.807, 2.05) is 0 Å². The van der Waals surface area contributed by atoms with E-state index in [2.05, 4.69) is 10.6 Å². The van der Waals surface area contributed by atoms with Crippen LogP contribution < -0.4 is 15.7 Å². The predicted molar refractivity (Wildman–Crippen MR) is 107 cm³/mol. The van der Waals surface area contributed by atoms with Crippen LogP contribution in [0.25, 0.3) is 6.08 Å². The zero-order valence-electron chi connectivity index (χ0n) is 15.8. The van der Waals surface area contributed by atoms with Crippen LogP contribution in [-0.4, -0.2) is 40.8 Å². The van der Waals surface area contributed by atoms with E-state index in [0.29, 0.717) is 11.3 Å². The third kappa shape index (κ3) is 6.48. The highest BCUT2D eigenvalue weighted by atomic mass is 32.2. The summed E-state index contributed by atoms with van der Waals surface area (Å²) in [4.78, 5) is 46.5. The second-order valence-corrected chi connectivity index (χ2v) is 6.95. The molecule has 2 aromatic rings. The number of hydrogen-bond donors (Lipinski definition) is 2. The second kappa shape index (κ2) is 10.8. The maximum absolute atomic E-state index is 12.7. The largest absolute Gasteiger partial charge is 0.548 e. The fourth-order valence-corrected chi connectivity index (χ4v) is 2.80. The third-order valence-corrected chi connectivity index (χ3v) is 4.50. The second-order valence-electron chi connectivity index (χ2n) is 5.96. The first-order valence-electron chi connectivity index (χ1n) is 8.63. The topological polar surface area (TPSA) is 155 Å².